The summed E-state index contributed by atoms with van der Waals surface area (Å²) in [7, 11) is 1.63. The maximum absolute atomic E-state index is 12.0. The van der Waals surface area contributed by atoms with Crippen LogP contribution in [0.5, 0.6) is 0 Å². The Labute approximate surface area is 108 Å². The Balaban J connectivity index is 2.57. The molecule has 0 saturated carbocycles. The van der Waals surface area contributed by atoms with Crippen LogP contribution in [0, 0.1) is 0 Å². The molecule has 0 unspecified atom stereocenters. The zero-order valence-corrected chi connectivity index (χ0v) is 10.8. The molecule has 0 aliphatic carbocycles. The van der Waals surface area contributed by atoms with Gasteiger partial charge in [0.15, 0.2) is 0 Å². The van der Waals surface area contributed by atoms with E-state index in [4.69, 9.17) is 10.5 Å². The van der Waals surface area contributed by atoms with Crippen molar-refractivity contribution in [2.45, 2.75) is 19.4 Å². The molecule has 1 amide bonds. The molecule has 0 aromatic carbocycles. The maximum atomic E-state index is 12.0. The molecule has 0 spiro atoms. The molecule has 2 N–H and O–H groups in total. The van der Waals surface area contributed by atoms with Crippen LogP contribution >= 0.6 is 0 Å². The number of amides is 1. The maximum Gasteiger partial charge on any atom is 0.223 e. The summed E-state index contributed by atoms with van der Waals surface area (Å²) in [6.07, 6.45) is 2.92. The summed E-state index contributed by atoms with van der Waals surface area (Å²) >= 11 is 0. The van der Waals surface area contributed by atoms with Crippen molar-refractivity contribution in [3.8, 4) is 0 Å². The van der Waals surface area contributed by atoms with Gasteiger partial charge in [0.25, 0.3) is 0 Å². The van der Waals surface area contributed by atoms with Crippen LogP contribution in [0.15, 0.2) is 24.4 Å². The number of ether oxygens (including phenoxy) is 1. The monoisotopic (exact) mass is 251 g/mol. The average molecular weight is 251 g/mol. The largest absolute Gasteiger partial charge is 0.383 e. The van der Waals surface area contributed by atoms with Gasteiger partial charge in [-0.25, -0.2) is 0 Å². The fourth-order valence-electron chi connectivity index (χ4n) is 1.59. The first kappa shape index (κ1) is 14.6. The smallest absolute Gasteiger partial charge is 0.223 e. The minimum absolute atomic E-state index is 0.100. The minimum atomic E-state index is 0.100. The van der Waals surface area contributed by atoms with E-state index >= 15 is 0 Å². The zero-order chi connectivity index (χ0) is 13.2. The molecule has 1 aromatic heterocycles. The number of hydrogen-bond acceptors (Lipinski definition) is 4. The van der Waals surface area contributed by atoms with Crippen LogP contribution in [0.4, 0.5) is 0 Å². The van der Waals surface area contributed by atoms with Crippen molar-refractivity contribution in [1.29, 1.82) is 0 Å². The van der Waals surface area contributed by atoms with E-state index in [1.165, 1.54) is 0 Å². The van der Waals surface area contributed by atoms with Gasteiger partial charge >= 0.3 is 0 Å². The van der Waals surface area contributed by atoms with Crippen LogP contribution < -0.4 is 5.73 Å². The van der Waals surface area contributed by atoms with E-state index in [0.29, 0.717) is 39.1 Å². The van der Waals surface area contributed by atoms with E-state index in [9.17, 15) is 4.79 Å². The van der Waals surface area contributed by atoms with Crippen molar-refractivity contribution in [2.24, 2.45) is 5.73 Å². The van der Waals surface area contributed by atoms with Crippen LogP contribution in [-0.2, 0) is 16.1 Å². The third-order valence-electron chi connectivity index (χ3n) is 2.59. The highest BCUT2D eigenvalue weighted by molar-refractivity contribution is 5.76. The molecular formula is C13H21N3O2. The molecule has 1 heterocycles. The predicted molar refractivity (Wildman–Crippen MR) is 69.8 cm³/mol. The molecule has 1 aromatic rings. The first-order valence-electron chi connectivity index (χ1n) is 6.14. The number of rotatable bonds is 8. The molecule has 100 valence electrons. The number of carbonyl (C=O) groups is 1. The fraction of sp³-hybridized carbons (Fsp3) is 0.538. The Bertz CT molecular complexity index is 343. The van der Waals surface area contributed by atoms with E-state index in [2.05, 4.69) is 4.98 Å². The number of nitrogens with two attached hydrogens (primary N) is 1. The summed E-state index contributed by atoms with van der Waals surface area (Å²) in [5.41, 5.74) is 6.31. The highest BCUT2D eigenvalue weighted by Gasteiger charge is 2.13. The molecule has 0 radical (unpaired) electrons. The molecule has 1 rings (SSSR count). The Morgan fingerprint density at radius 3 is 2.94 bits per heavy atom. The van der Waals surface area contributed by atoms with Gasteiger partial charge in [-0.15, -0.1) is 0 Å². The van der Waals surface area contributed by atoms with Gasteiger partial charge in [-0.3, -0.25) is 9.78 Å². The molecule has 0 fully saturated rings. The van der Waals surface area contributed by atoms with Gasteiger partial charge in [0.05, 0.1) is 18.8 Å². The standard InChI is InChI=1S/C13H21N3O2/c1-18-10-9-16(13(17)6-4-7-14)11-12-5-2-3-8-15-12/h2-3,5,8H,4,6-7,9-11,14H2,1H3. The molecule has 18 heavy (non-hydrogen) atoms. The summed E-state index contributed by atoms with van der Waals surface area (Å²) < 4.78 is 5.03. The second-order valence-electron chi connectivity index (χ2n) is 4.02. The van der Waals surface area contributed by atoms with Crippen LogP contribution in [0.1, 0.15) is 18.5 Å². The van der Waals surface area contributed by atoms with Crippen LogP contribution in [0.3, 0.4) is 0 Å². The Morgan fingerprint density at radius 1 is 1.50 bits per heavy atom. The van der Waals surface area contributed by atoms with Gasteiger partial charge in [-0.05, 0) is 25.1 Å². The fourth-order valence-corrected chi connectivity index (χ4v) is 1.59. The molecule has 0 aliphatic rings. The van der Waals surface area contributed by atoms with E-state index in [-0.39, 0.29) is 5.91 Å². The number of carbonyl (C=O) groups excluding carboxylic acids is 1. The van der Waals surface area contributed by atoms with Crippen molar-refractivity contribution in [2.75, 3.05) is 26.8 Å². The number of aromatic nitrogens is 1. The average Bonchev–Trinajstić information content (AvgIpc) is 2.42. The van der Waals surface area contributed by atoms with Gasteiger partial charge in [0.2, 0.25) is 5.91 Å². The van der Waals surface area contributed by atoms with Gasteiger partial charge < -0.3 is 15.4 Å². The Hall–Kier alpha value is -1.46. The van der Waals surface area contributed by atoms with E-state index in [1.54, 1.807) is 18.2 Å². The van der Waals surface area contributed by atoms with Gasteiger partial charge in [0.1, 0.15) is 0 Å². The van der Waals surface area contributed by atoms with Crippen molar-refractivity contribution in [1.82, 2.24) is 9.88 Å². The van der Waals surface area contributed by atoms with E-state index in [0.717, 1.165) is 5.69 Å². The first-order chi connectivity index (χ1) is 8.77. The summed E-state index contributed by atoms with van der Waals surface area (Å²) in [4.78, 5) is 18.0. The molecule has 0 saturated heterocycles. The lowest BCUT2D eigenvalue weighted by molar-refractivity contribution is -0.132. The van der Waals surface area contributed by atoms with Crippen molar-refractivity contribution < 1.29 is 9.53 Å². The van der Waals surface area contributed by atoms with E-state index < -0.39 is 0 Å². The second kappa shape index (κ2) is 8.60. The predicted octanol–water partition coefficient (Wildman–Crippen LogP) is 0.796. The molecule has 5 heteroatoms. The van der Waals surface area contributed by atoms with Crippen molar-refractivity contribution >= 4 is 5.91 Å². The summed E-state index contributed by atoms with van der Waals surface area (Å²) in [6, 6.07) is 5.69. The molecular weight excluding hydrogens is 230 g/mol. The van der Waals surface area contributed by atoms with Crippen molar-refractivity contribution in [3.63, 3.8) is 0 Å². The molecule has 5 nitrogen and oxygen atoms in total. The number of hydrogen-bond donors (Lipinski definition) is 1. The van der Waals surface area contributed by atoms with E-state index in [1.807, 2.05) is 18.2 Å². The normalized spacial score (nSPS) is 10.3. The number of pyridine rings is 1. The van der Waals surface area contributed by atoms with Crippen LogP contribution in [0.25, 0.3) is 0 Å². The lowest BCUT2D eigenvalue weighted by Crippen LogP contribution is -2.33. The Morgan fingerprint density at radius 2 is 2.33 bits per heavy atom. The minimum Gasteiger partial charge on any atom is -0.383 e. The summed E-state index contributed by atoms with van der Waals surface area (Å²) in [5.74, 6) is 0.100. The van der Waals surface area contributed by atoms with Gasteiger partial charge in [-0.1, -0.05) is 6.07 Å². The number of methoxy groups -OCH3 is 1. The lowest BCUT2D eigenvalue weighted by atomic mass is 10.2. The topological polar surface area (TPSA) is 68.5 Å². The first-order valence-corrected chi connectivity index (χ1v) is 6.14. The summed E-state index contributed by atoms with van der Waals surface area (Å²) in [6.45, 7) is 2.17. The SMILES string of the molecule is COCCN(Cc1ccccn1)C(=O)CCCN. The van der Waals surface area contributed by atoms with Gasteiger partial charge in [-0.2, -0.15) is 0 Å². The third kappa shape index (κ3) is 5.25. The third-order valence-corrected chi connectivity index (χ3v) is 2.59. The zero-order valence-electron chi connectivity index (χ0n) is 10.8. The van der Waals surface area contributed by atoms with Gasteiger partial charge in [0, 0.05) is 26.3 Å². The quantitative estimate of drug-likeness (QED) is 0.742. The molecule has 0 atom stereocenters. The Kier molecular flexibility index (Phi) is 6.98. The molecule has 0 bridgehead atoms. The van der Waals surface area contributed by atoms with Crippen LogP contribution in [-0.4, -0.2) is 42.6 Å². The number of nitrogens with zero attached hydrogens (tertiary/aromatic N) is 2. The van der Waals surface area contributed by atoms with Crippen molar-refractivity contribution in [3.05, 3.63) is 30.1 Å². The highest BCUT2D eigenvalue weighted by atomic mass is 16.5. The molecule has 0 aliphatic heterocycles. The van der Waals surface area contributed by atoms with Crippen LogP contribution in [0.2, 0.25) is 0 Å². The highest BCUT2D eigenvalue weighted by Crippen LogP contribution is 2.04. The summed E-state index contributed by atoms with van der Waals surface area (Å²) in [5, 5.41) is 0. The second-order valence-corrected chi connectivity index (χ2v) is 4.02. The lowest BCUT2D eigenvalue weighted by Gasteiger charge is -2.22.